The van der Waals surface area contributed by atoms with E-state index in [1.54, 1.807) is 25.3 Å². The molecule has 0 aliphatic heterocycles. The van der Waals surface area contributed by atoms with Gasteiger partial charge in [0.25, 0.3) is 5.91 Å². The molecule has 3 N–H and O–H groups in total. The number of nitrogens with one attached hydrogen (secondary N) is 1. The summed E-state index contributed by atoms with van der Waals surface area (Å²) in [7, 11) is 1.60. The van der Waals surface area contributed by atoms with Crippen molar-refractivity contribution in [3.8, 4) is 17.2 Å². The number of aromatic nitrogens is 2. The Labute approximate surface area is 138 Å². The molecule has 2 aromatic heterocycles. The summed E-state index contributed by atoms with van der Waals surface area (Å²) in [6.07, 6.45) is 1.52. The van der Waals surface area contributed by atoms with Gasteiger partial charge in [-0.2, -0.15) is 0 Å². The van der Waals surface area contributed by atoms with E-state index in [1.807, 2.05) is 24.3 Å². The minimum absolute atomic E-state index is 0.0125. The summed E-state index contributed by atoms with van der Waals surface area (Å²) in [4.78, 5) is 20.4. The van der Waals surface area contributed by atoms with Crippen LogP contribution in [0.3, 0.4) is 0 Å². The Balaban J connectivity index is 1.72. The number of methoxy groups -OCH3 is 1. The molecule has 122 valence electrons. The van der Waals surface area contributed by atoms with Crippen LogP contribution >= 0.6 is 0 Å². The molecule has 7 heteroatoms. The predicted octanol–water partition coefficient (Wildman–Crippen LogP) is 2.26. The highest BCUT2D eigenvalue weighted by Gasteiger charge is 2.13. The second kappa shape index (κ2) is 6.82. The number of furan rings is 1. The van der Waals surface area contributed by atoms with E-state index < -0.39 is 0 Å². The zero-order valence-electron chi connectivity index (χ0n) is 13.0. The first-order valence-corrected chi connectivity index (χ1v) is 7.25. The number of nitrogens with two attached hydrogens (primary N) is 1. The number of carbonyl (C=O) groups excluding carboxylic acids is 1. The maximum atomic E-state index is 12.3. The Hall–Kier alpha value is -3.35. The van der Waals surface area contributed by atoms with Crippen molar-refractivity contribution in [3.63, 3.8) is 0 Å². The Morgan fingerprint density at radius 1 is 1.25 bits per heavy atom. The summed E-state index contributed by atoms with van der Waals surface area (Å²) in [5.74, 6) is 0.955. The number of carbonyl (C=O) groups is 1. The van der Waals surface area contributed by atoms with Crippen LogP contribution in [0.1, 0.15) is 16.1 Å². The van der Waals surface area contributed by atoms with Gasteiger partial charge in [-0.05, 0) is 35.9 Å². The van der Waals surface area contributed by atoms with E-state index >= 15 is 0 Å². The van der Waals surface area contributed by atoms with Gasteiger partial charge in [-0.15, -0.1) is 0 Å². The average Bonchev–Trinajstić information content (AvgIpc) is 3.14. The summed E-state index contributed by atoms with van der Waals surface area (Å²) in [6.45, 7) is 0.364. The van der Waals surface area contributed by atoms with E-state index in [-0.39, 0.29) is 17.5 Å². The highest BCUT2D eigenvalue weighted by molar-refractivity contribution is 5.93. The molecule has 0 saturated heterocycles. The minimum Gasteiger partial charge on any atom is -0.497 e. The molecule has 2 heterocycles. The number of benzene rings is 1. The lowest BCUT2D eigenvalue weighted by Gasteiger charge is -2.07. The van der Waals surface area contributed by atoms with Crippen LogP contribution in [0.4, 0.5) is 5.95 Å². The molecule has 0 atom stereocenters. The second-order valence-corrected chi connectivity index (χ2v) is 5.00. The molecular weight excluding hydrogens is 308 g/mol. The lowest BCUT2D eigenvalue weighted by Crippen LogP contribution is -2.24. The fourth-order valence-corrected chi connectivity index (χ4v) is 2.15. The van der Waals surface area contributed by atoms with Gasteiger partial charge in [-0.1, -0.05) is 12.1 Å². The zero-order chi connectivity index (χ0) is 16.9. The molecule has 0 saturated carbocycles. The fraction of sp³-hybridized carbons (Fsp3) is 0.118. The van der Waals surface area contributed by atoms with Crippen LogP contribution in [0.5, 0.6) is 5.75 Å². The molecule has 24 heavy (non-hydrogen) atoms. The molecule has 1 amide bonds. The van der Waals surface area contributed by atoms with E-state index in [1.165, 1.54) is 6.26 Å². The van der Waals surface area contributed by atoms with Gasteiger partial charge >= 0.3 is 0 Å². The number of rotatable bonds is 5. The topological polar surface area (TPSA) is 103 Å². The second-order valence-electron chi connectivity index (χ2n) is 5.00. The summed E-state index contributed by atoms with van der Waals surface area (Å²) in [5.41, 5.74) is 7.27. The van der Waals surface area contributed by atoms with Gasteiger partial charge in [0.05, 0.1) is 13.4 Å². The highest BCUT2D eigenvalue weighted by Crippen LogP contribution is 2.19. The van der Waals surface area contributed by atoms with Crippen LogP contribution in [0.2, 0.25) is 0 Å². The van der Waals surface area contributed by atoms with Crippen LogP contribution in [-0.4, -0.2) is 23.0 Å². The molecule has 0 bridgehead atoms. The first-order chi connectivity index (χ1) is 11.7. The van der Waals surface area contributed by atoms with Crippen LogP contribution in [0, 0.1) is 0 Å². The average molecular weight is 324 g/mol. The lowest BCUT2D eigenvalue weighted by molar-refractivity contribution is 0.0946. The summed E-state index contributed by atoms with van der Waals surface area (Å²) in [5, 5.41) is 2.80. The number of ether oxygens (including phenoxy) is 1. The maximum Gasteiger partial charge on any atom is 0.270 e. The van der Waals surface area contributed by atoms with Gasteiger partial charge in [0.1, 0.15) is 17.1 Å². The monoisotopic (exact) mass is 324 g/mol. The molecule has 3 rings (SSSR count). The zero-order valence-corrected chi connectivity index (χ0v) is 13.0. The SMILES string of the molecule is COc1ccc(CNC(=O)c2cc(-c3ccco3)nc(N)n2)cc1. The van der Waals surface area contributed by atoms with Gasteiger partial charge in [0, 0.05) is 6.54 Å². The molecule has 0 spiro atoms. The Morgan fingerprint density at radius 3 is 2.71 bits per heavy atom. The number of nitrogen functional groups attached to an aromatic ring is 1. The Bertz CT molecular complexity index is 830. The summed E-state index contributed by atoms with van der Waals surface area (Å²) in [6, 6.07) is 12.4. The highest BCUT2D eigenvalue weighted by atomic mass is 16.5. The van der Waals surface area contributed by atoms with Gasteiger partial charge in [-0.3, -0.25) is 4.79 Å². The van der Waals surface area contributed by atoms with Crippen molar-refractivity contribution in [2.24, 2.45) is 0 Å². The first kappa shape index (κ1) is 15.5. The number of nitrogens with zero attached hydrogens (tertiary/aromatic N) is 2. The maximum absolute atomic E-state index is 12.3. The van der Waals surface area contributed by atoms with Gasteiger partial charge in [-0.25, -0.2) is 9.97 Å². The molecule has 0 unspecified atom stereocenters. The van der Waals surface area contributed by atoms with Crippen molar-refractivity contribution >= 4 is 11.9 Å². The van der Waals surface area contributed by atoms with Crippen LogP contribution in [-0.2, 0) is 6.54 Å². The van der Waals surface area contributed by atoms with Crippen molar-refractivity contribution in [1.82, 2.24) is 15.3 Å². The quantitative estimate of drug-likeness (QED) is 0.746. The predicted molar refractivity (Wildman–Crippen MR) is 88.3 cm³/mol. The molecule has 0 fully saturated rings. The number of anilines is 1. The van der Waals surface area contributed by atoms with E-state index in [0.29, 0.717) is 18.0 Å². The number of amides is 1. The third kappa shape index (κ3) is 3.52. The van der Waals surface area contributed by atoms with Gasteiger partial charge < -0.3 is 20.2 Å². The van der Waals surface area contributed by atoms with Gasteiger partial charge in [0.15, 0.2) is 5.76 Å². The first-order valence-electron chi connectivity index (χ1n) is 7.25. The molecule has 0 radical (unpaired) electrons. The van der Waals surface area contributed by atoms with Crippen LogP contribution in [0.25, 0.3) is 11.5 Å². The minimum atomic E-state index is -0.340. The smallest absolute Gasteiger partial charge is 0.270 e. The number of hydrogen-bond donors (Lipinski definition) is 2. The number of hydrogen-bond acceptors (Lipinski definition) is 6. The van der Waals surface area contributed by atoms with E-state index in [2.05, 4.69) is 15.3 Å². The molecule has 3 aromatic rings. The largest absolute Gasteiger partial charge is 0.497 e. The third-order valence-corrected chi connectivity index (χ3v) is 3.36. The molecule has 1 aromatic carbocycles. The van der Waals surface area contributed by atoms with Crippen molar-refractivity contribution < 1.29 is 13.9 Å². The molecule has 7 nitrogen and oxygen atoms in total. The van der Waals surface area contributed by atoms with Crippen molar-refractivity contribution in [2.75, 3.05) is 12.8 Å². The standard InChI is InChI=1S/C17H16N4O3/c1-23-12-6-4-11(5-7-12)10-19-16(22)14-9-13(20-17(18)21-14)15-3-2-8-24-15/h2-9H,10H2,1H3,(H,19,22)(H2,18,20,21). The van der Waals surface area contributed by atoms with E-state index in [4.69, 9.17) is 14.9 Å². The normalized spacial score (nSPS) is 10.4. The van der Waals surface area contributed by atoms with Gasteiger partial charge in [0.2, 0.25) is 5.95 Å². The summed E-state index contributed by atoms with van der Waals surface area (Å²) < 4.78 is 10.4. The van der Waals surface area contributed by atoms with Crippen LogP contribution in [0.15, 0.2) is 53.1 Å². The Kier molecular flexibility index (Phi) is 4.42. The van der Waals surface area contributed by atoms with Crippen molar-refractivity contribution in [1.29, 1.82) is 0 Å². The lowest BCUT2D eigenvalue weighted by atomic mass is 10.2. The molecular formula is C17H16N4O3. The molecule has 0 aliphatic carbocycles. The van der Waals surface area contributed by atoms with E-state index in [0.717, 1.165) is 11.3 Å². The summed E-state index contributed by atoms with van der Waals surface area (Å²) >= 11 is 0. The third-order valence-electron chi connectivity index (χ3n) is 3.36. The Morgan fingerprint density at radius 2 is 2.04 bits per heavy atom. The van der Waals surface area contributed by atoms with E-state index in [9.17, 15) is 4.79 Å². The van der Waals surface area contributed by atoms with Crippen molar-refractivity contribution in [2.45, 2.75) is 6.54 Å². The van der Waals surface area contributed by atoms with Crippen molar-refractivity contribution in [3.05, 3.63) is 60.0 Å². The molecule has 0 aliphatic rings. The fourth-order valence-electron chi connectivity index (χ4n) is 2.15. The van der Waals surface area contributed by atoms with Crippen LogP contribution < -0.4 is 15.8 Å².